The first-order chi connectivity index (χ1) is 17.0. The van der Waals surface area contributed by atoms with Crippen LogP contribution in [0, 0.1) is 3.95 Å². The van der Waals surface area contributed by atoms with Gasteiger partial charge in [-0.15, -0.1) is 0 Å². The molecule has 0 aliphatic carbocycles. The molecular weight excluding hydrogens is 564 g/mol. The van der Waals surface area contributed by atoms with E-state index in [1.54, 1.807) is 11.7 Å². The van der Waals surface area contributed by atoms with Crippen LogP contribution in [0.25, 0.3) is 16.0 Å². The Morgan fingerprint density at radius 2 is 1.94 bits per heavy atom. The lowest BCUT2D eigenvalue weighted by atomic mass is 10.2. The Morgan fingerprint density at radius 1 is 1.17 bits per heavy atom. The zero-order valence-corrected chi connectivity index (χ0v) is 23.9. The van der Waals surface area contributed by atoms with Gasteiger partial charge in [0, 0.05) is 23.3 Å². The number of aromatic nitrogens is 3. The van der Waals surface area contributed by atoms with E-state index < -0.39 is 0 Å². The van der Waals surface area contributed by atoms with Gasteiger partial charge in [0.05, 0.1) is 12.8 Å². The number of ether oxygens (including phenoxy) is 1. The van der Waals surface area contributed by atoms with Crippen molar-refractivity contribution in [2.24, 2.45) is 0 Å². The van der Waals surface area contributed by atoms with Crippen LogP contribution in [0.2, 0.25) is 0 Å². The van der Waals surface area contributed by atoms with Crippen LogP contribution in [0.3, 0.4) is 0 Å². The van der Waals surface area contributed by atoms with E-state index in [2.05, 4.69) is 46.8 Å². The first-order valence-electron chi connectivity index (χ1n) is 11.4. The molecule has 0 aliphatic heterocycles. The summed E-state index contributed by atoms with van der Waals surface area (Å²) in [5.74, 6) is 1.28. The summed E-state index contributed by atoms with van der Waals surface area (Å²) in [6.45, 7) is 7.78. The second-order valence-corrected chi connectivity index (χ2v) is 11.3. The van der Waals surface area contributed by atoms with Crippen LogP contribution >= 0.6 is 51.2 Å². The Labute approximate surface area is 226 Å². The summed E-state index contributed by atoms with van der Waals surface area (Å²) in [7, 11) is 1.61. The fraction of sp³-hybridized carbons (Fsp3) is 0.320. The van der Waals surface area contributed by atoms with Crippen molar-refractivity contribution >= 4 is 61.6 Å². The molecule has 0 saturated carbocycles. The number of thiazole rings is 1. The minimum atomic E-state index is -0.131. The van der Waals surface area contributed by atoms with Crippen LogP contribution in [0.1, 0.15) is 19.4 Å². The minimum Gasteiger partial charge on any atom is -0.495 e. The highest BCUT2D eigenvalue weighted by molar-refractivity contribution is 9.10. The van der Waals surface area contributed by atoms with E-state index in [4.69, 9.17) is 21.9 Å². The largest absolute Gasteiger partial charge is 0.495 e. The smallest absolute Gasteiger partial charge is 0.278 e. The molecule has 2 aromatic carbocycles. The highest BCUT2D eigenvalue weighted by atomic mass is 79.9. The summed E-state index contributed by atoms with van der Waals surface area (Å²) in [4.78, 5) is 21.2. The molecule has 35 heavy (non-hydrogen) atoms. The van der Waals surface area contributed by atoms with Crippen LogP contribution < -0.4 is 10.3 Å². The summed E-state index contributed by atoms with van der Waals surface area (Å²) in [6.07, 6.45) is 0. The molecule has 6 nitrogen and oxygen atoms in total. The SMILES string of the molecule is CCN(CC)CCn1c(=S)sc2c(=O)n(-c3ccccc3OC)c(SCc3cccc(Br)c3)nc21. The first-order valence-corrected chi connectivity index (χ1v) is 14.4. The van der Waals surface area contributed by atoms with E-state index in [1.165, 1.54) is 23.1 Å². The van der Waals surface area contributed by atoms with Gasteiger partial charge in [-0.05, 0) is 55.1 Å². The molecule has 0 saturated heterocycles. The van der Waals surface area contributed by atoms with Crippen molar-refractivity contribution in [3.05, 3.63) is 72.9 Å². The second-order valence-electron chi connectivity index (χ2n) is 7.82. The van der Waals surface area contributed by atoms with Gasteiger partial charge in [0.2, 0.25) is 0 Å². The third kappa shape index (κ3) is 5.72. The number of halogens is 1. The van der Waals surface area contributed by atoms with Crippen molar-refractivity contribution in [1.29, 1.82) is 0 Å². The normalized spacial score (nSPS) is 11.5. The number of benzene rings is 2. The number of likely N-dealkylation sites (N-methyl/N-ethyl adjacent to an activating group) is 1. The van der Waals surface area contributed by atoms with E-state index >= 15 is 0 Å². The molecule has 0 radical (unpaired) electrons. The van der Waals surface area contributed by atoms with Crippen molar-refractivity contribution in [3.8, 4) is 11.4 Å². The number of hydrogen-bond acceptors (Lipinski definition) is 7. The number of rotatable bonds is 10. The molecule has 184 valence electrons. The standard InChI is InChI=1S/C25H27BrN4O2S3/c1-4-28(5-2)13-14-29-22-21(35-25(29)33)23(31)30(19-11-6-7-12-20(19)32-3)24(27-22)34-16-17-9-8-10-18(26)15-17/h6-12,15H,4-5,13-14,16H2,1-3H3. The van der Waals surface area contributed by atoms with Crippen molar-refractivity contribution in [1.82, 2.24) is 19.0 Å². The van der Waals surface area contributed by atoms with Crippen LogP contribution in [0.4, 0.5) is 0 Å². The number of thioether (sulfide) groups is 1. The predicted octanol–water partition coefficient (Wildman–Crippen LogP) is 6.38. The van der Waals surface area contributed by atoms with Crippen LogP contribution in [-0.2, 0) is 12.3 Å². The summed E-state index contributed by atoms with van der Waals surface area (Å²) in [5, 5.41) is 0.608. The van der Waals surface area contributed by atoms with Crippen LogP contribution in [0.15, 0.2) is 63.0 Å². The number of para-hydroxylation sites is 2. The molecule has 0 N–H and O–H groups in total. The van der Waals surface area contributed by atoms with Gasteiger partial charge in [0.15, 0.2) is 14.8 Å². The monoisotopic (exact) mass is 590 g/mol. The highest BCUT2D eigenvalue weighted by Crippen LogP contribution is 2.30. The molecule has 0 fully saturated rings. The first kappa shape index (κ1) is 26.1. The molecule has 4 aromatic rings. The van der Waals surface area contributed by atoms with Gasteiger partial charge in [0.25, 0.3) is 5.56 Å². The molecule has 4 rings (SSSR count). The highest BCUT2D eigenvalue weighted by Gasteiger charge is 2.20. The summed E-state index contributed by atoms with van der Waals surface area (Å²) >= 11 is 12.1. The maximum atomic E-state index is 13.9. The zero-order chi connectivity index (χ0) is 24.9. The fourth-order valence-corrected chi connectivity index (χ4v) is 6.55. The molecule has 0 unspecified atom stereocenters. The third-order valence-electron chi connectivity index (χ3n) is 5.78. The topological polar surface area (TPSA) is 52.3 Å². The summed E-state index contributed by atoms with van der Waals surface area (Å²) < 4.78 is 11.5. The molecule has 0 atom stereocenters. The molecule has 2 aromatic heterocycles. The van der Waals surface area contributed by atoms with Crippen molar-refractivity contribution in [2.45, 2.75) is 31.3 Å². The van der Waals surface area contributed by atoms with Crippen molar-refractivity contribution in [2.75, 3.05) is 26.7 Å². The van der Waals surface area contributed by atoms with E-state index in [9.17, 15) is 4.79 Å². The third-order valence-corrected chi connectivity index (χ3v) is 8.71. The van der Waals surface area contributed by atoms with E-state index in [0.717, 1.165) is 29.7 Å². The molecule has 10 heteroatoms. The zero-order valence-electron chi connectivity index (χ0n) is 19.9. The average Bonchev–Trinajstić information content (AvgIpc) is 3.19. The van der Waals surface area contributed by atoms with Gasteiger partial charge < -0.3 is 14.2 Å². The molecule has 2 heterocycles. The number of fused-ring (bicyclic) bond motifs is 1. The van der Waals surface area contributed by atoms with E-state index in [0.29, 0.717) is 43.2 Å². The minimum absolute atomic E-state index is 0.131. The molecule has 0 aliphatic rings. The number of methoxy groups -OCH3 is 1. The van der Waals surface area contributed by atoms with Crippen LogP contribution in [-0.4, -0.2) is 45.8 Å². The van der Waals surface area contributed by atoms with E-state index in [1.807, 2.05) is 41.0 Å². The lowest BCUT2D eigenvalue weighted by Crippen LogP contribution is -2.27. The lowest BCUT2D eigenvalue weighted by Gasteiger charge is -2.18. The lowest BCUT2D eigenvalue weighted by molar-refractivity contribution is 0.291. The maximum Gasteiger partial charge on any atom is 0.278 e. The number of hydrogen-bond donors (Lipinski definition) is 0. The van der Waals surface area contributed by atoms with Gasteiger partial charge in [-0.25, -0.2) is 4.98 Å². The summed E-state index contributed by atoms with van der Waals surface area (Å²) in [6, 6.07) is 15.7. The summed E-state index contributed by atoms with van der Waals surface area (Å²) in [5.41, 5.74) is 2.32. The van der Waals surface area contributed by atoms with Crippen LogP contribution in [0.5, 0.6) is 5.75 Å². The Morgan fingerprint density at radius 3 is 2.66 bits per heavy atom. The van der Waals surface area contributed by atoms with Gasteiger partial charge in [0.1, 0.15) is 10.4 Å². The molecular formula is C25H27BrN4O2S3. The van der Waals surface area contributed by atoms with Gasteiger partial charge >= 0.3 is 0 Å². The maximum absolute atomic E-state index is 13.9. The van der Waals surface area contributed by atoms with Crippen molar-refractivity contribution < 1.29 is 4.74 Å². The van der Waals surface area contributed by atoms with Gasteiger partial charge in [-0.3, -0.25) is 9.36 Å². The Bertz CT molecular complexity index is 1440. The Kier molecular flexibility index (Phi) is 8.82. The van der Waals surface area contributed by atoms with Gasteiger partial charge in [-0.2, -0.15) is 0 Å². The second kappa shape index (κ2) is 11.8. The molecule has 0 spiro atoms. The Hall–Kier alpha value is -1.98. The Balaban J connectivity index is 1.86. The van der Waals surface area contributed by atoms with Crippen molar-refractivity contribution in [3.63, 3.8) is 0 Å². The molecule has 0 bridgehead atoms. The fourth-order valence-electron chi connectivity index (χ4n) is 3.85. The quantitative estimate of drug-likeness (QED) is 0.121. The average molecular weight is 592 g/mol. The predicted molar refractivity (Wildman–Crippen MR) is 152 cm³/mol. The molecule has 0 amide bonds. The van der Waals surface area contributed by atoms with E-state index in [-0.39, 0.29) is 5.56 Å². The van der Waals surface area contributed by atoms with Gasteiger partial charge in [-0.1, -0.05) is 77.1 Å². The number of nitrogens with zero attached hydrogens (tertiary/aromatic N) is 4.